The van der Waals surface area contributed by atoms with E-state index in [-0.39, 0.29) is 6.09 Å². The molecule has 0 bridgehead atoms. The number of hydrogen-bond acceptors (Lipinski definition) is 2. The SMILES string of the molecule is CC[N+](C)(C)CCOC(=O)N(C)C. The van der Waals surface area contributed by atoms with E-state index >= 15 is 0 Å². The molecule has 13 heavy (non-hydrogen) atoms. The monoisotopic (exact) mass is 189 g/mol. The highest BCUT2D eigenvalue weighted by molar-refractivity contribution is 5.66. The molecule has 0 spiro atoms. The lowest BCUT2D eigenvalue weighted by Gasteiger charge is -2.27. The van der Waals surface area contributed by atoms with Crippen molar-refractivity contribution >= 4 is 6.09 Å². The summed E-state index contributed by atoms with van der Waals surface area (Å²) in [6, 6.07) is 0. The molecule has 0 aliphatic rings. The minimum atomic E-state index is -0.267. The van der Waals surface area contributed by atoms with Crippen LogP contribution in [0.25, 0.3) is 0 Å². The van der Waals surface area contributed by atoms with Gasteiger partial charge in [0.1, 0.15) is 13.2 Å². The summed E-state index contributed by atoms with van der Waals surface area (Å²) < 4.78 is 5.89. The molecule has 1 amide bonds. The Morgan fingerprint density at radius 2 is 1.92 bits per heavy atom. The molecule has 0 radical (unpaired) electrons. The van der Waals surface area contributed by atoms with Crippen molar-refractivity contribution in [3.05, 3.63) is 0 Å². The number of carbonyl (C=O) groups excluding carboxylic acids is 1. The Labute approximate surface area is 80.7 Å². The highest BCUT2D eigenvalue weighted by atomic mass is 16.6. The molecule has 0 aromatic heterocycles. The maximum atomic E-state index is 11.0. The molecule has 0 aromatic carbocycles. The highest BCUT2D eigenvalue weighted by Gasteiger charge is 2.13. The number of carbonyl (C=O) groups is 1. The van der Waals surface area contributed by atoms with E-state index in [1.54, 1.807) is 14.1 Å². The van der Waals surface area contributed by atoms with Crippen molar-refractivity contribution in [3.8, 4) is 0 Å². The number of quaternary nitrogens is 1. The fourth-order valence-corrected chi connectivity index (χ4v) is 0.667. The second-order valence-electron chi connectivity index (χ2n) is 3.98. The number of rotatable bonds is 4. The zero-order valence-corrected chi connectivity index (χ0v) is 9.33. The Bertz CT molecular complexity index is 167. The van der Waals surface area contributed by atoms with Crippen molar-refractivity contribution in [2.45, 2.75) is 6.92 Å². The molecule has 0 atom stereocenters. The van der Waals surface area contributed by atoms with Gasteiger partial charge in [-0.15, -0.1) is 0 Å². The number of nitrogens with zero attached hydrogens (tertiary/aromatic N) is 2. The smallest absolute Gasteiger partial charge is 0.409 e. The third-order valence-electron chi connectivity index (χ3n) is 2.14. The van der Waals surface area contributed by atoms with Crippen molar-refractivity contribution in [1.82, 2.24) is 4.90 Å². The van der Waals surface area contributed by atoms with Gasteiger partial charge in [-0.1, -0.05) is 0 Å². The van der Waals surface area contributed by atoms with Gasteiger partial charge in [-0.25, -0.2) is 4.79 Å². The van der Waals surface area contributed by atoms with Gasteiger partial charge in [-0.05, 0) is 6.92 Å². The molecule has 0 aromatic rings. The minimum absolute atomic E-state index is 0.267. The molecule has 0 unspecified atom stereocenters. The maximum absolute atomic E-state index is 11.0. The van der Waals surface area contributed by atoms with Gasteiger partial charge in [0.25, 0.3) is 0 Å². The van der Waals surface area contributed by atoms with Crippen molar-refractivity contribution in [1.29, 1.82) is 0 Å². The van der Waals surface area contributed by atoms with Crippen molar-refractivity contribution in [3.63, 3.8) is 0 Å². The topological polar surface area (TPSA) is 29.5 Å². The Balaban J connectivity index is 3.62. The van der Waals surface area contributed by atoms with Gasteiger partial charge >= 0.3 is 6.09 Å². The molecular weight excluding hydrogens is 168 g/mol. The zero-order valence-electron chi connectivity index (χ0n) is 9.33. The Hall–Kier alpha value is -0.770. The summed E-state index contributed by atoms with van der Waals surface area (Å²) in [5.74, 6) is 0. The standard InChI is InChI=1S/C9H21N2O2/c1-6-11(4,5)7-8-13-9(12)10(2)3/h6-8H2,1-5H3/q+1. The van der Waals surface area contributed by atoms with Gasteiger partial charge < -0.3 is 14.1 Å². The van der Waals surface area contributed by atoms with Crippen LogP contribution in [-0.4, -0.2) is 63.4 Å². The molecule has 0 aliphatic carbocycles. The van der Waals surface area contributed by atoms with Gasteiger partial charge in [0.2, 0.25) is 0 Å². The first-order valence-electron chi connectivity index (χ1n) is 4.55. The molecule has 0 saturated carbocycles. The lowest BCUT2D eigenvalue weighted by molar-refractivity contribution is -0.888. The fourth-order valence-electron chi connectivity index (χ4n) is 0.667. The molecule has 0 heterocycles. The van der Waals surface area contributed by atoms with Crippen LogP contribution in [-0.2, 0) is 4.74 Å². The summed E-state index contributed by atoms with van der Waals surface area (Å²) in [4.78, 5) is 12.5. The van der Waals surface area contributed by atoms with Crippen LogP contribution in [0.2, 0.25) is 0 Å². The predicted molar refractivity (Wildman–Crippen MR) is 52.6 cm³/mol. The third kappa shape index (κ3) is 5.47. The van der Waals surface area contributed by atoms with Gasteiger partial charge in [0.05, 0.1) is 20.6 Å². The summed E-state index contributed by atoms with van der Waals surface area (Å²) in [5.41, 5.74) is 0. The molecule has 0 aliphatic heterocycles. The first-order chi connectivity index (χ1) is 5.89. The lowest BCUT2D eigenvalue weighted by Crippen LogP contribution is -2.42. The van der Waals surface area contributed by atoms with Crippen LogP contribution in [0.4, 0.5) is 4.79 Å². The van der Waals surface area contributed by atoms with Gasteiger partial charge in [0, 0.05) is 14.1 Å². The molecule has 0 rings (SSSR count). The summed E-state index contributed by atoms with van der Waals surface area (Å²) in [5, 5.41) is 0. The Morgan fingerprint density at radius 3 is 2.31 bits per heavy atom. The van der Waals surface area contributed by atoms with Crippen molar-refractivity contribution in [2.24, 2.45) is 0 Å². The zero-order chi connectivity index (χ0) is 10.5. The Morgan fingerprint density at radius 1 is 1.38 bits per heavy atom. The van der Waals surface area contributed by atoms with Crippen LogP contribution in [0.3, 0.4) is 0 Å². The van der Waals surface area contributed by atoms with Gasteiger partial charge in [-0.2, -0.15) is 0 Å². The normalized spacial score (nSPS) is 11.2. The summed E-state index contributed by atoms with van der Waals surface area (Å²) >= 11 is 0. The fraction of sp³-hybridized carbons (Fsp3) is 0.889. The van der Waals surface area contributed by atoms with E-state index in [0.717, 1.165) is 17.6 Å². The number of hydrogen-bond donors (Lipinski definition) is 0. The van der Waals surface area contributed by atoms with E-state index in [0.29, 0.717) is 6.61 Å². The molecule has 0 fully saturated rings. The van der Waals surface area contributed by atoms with Crippen LogP contribution < -0.4 is 0 Å². The quantitative estimate of drug-likeness (QED) is 0.612. The average Bonchev–Trinajstić information content (AvgIpc) is 2.04. The van der Waals surface area contributed by atoms with E-state index in [4.69, 9.17) is 4.74 Å². The molecule has 78 valence electrons. The first-order valence-corrected chi connectivity index (χ1v) is 4.55. The van der Waals surface area contributed by atoms with E-state index in [1.807, 2.05) is 0 Å². The van der Waals surface area contributed by atoms with Crippen molar-refractivity contribution in [2.75, 3.05) is 47.9 Å². The van der Waals surface area contributed by atoms with E-state index in [2.05, 4.69) is 21.0 Å². The van der Waals surface area contributed by atoms with Crippen LogP contribution in [0.1, 0.15) is 6.92 Å². The summed E-state index contributed by atoms with van der Waals surface area (Å²) in [7, 11) is 7.59. The third-order valence-corrected chi connectivity index (χ3v) is 2.14. The van der Waals surface area contributed by atoms with Crippen LogP contribution in [0.15, 0.2) is 0 Å². The number of likely N-dealkylation sites (N-methyl/N-ethyl adjacent to an activating group) is 1. The average molecular weight is 189 g/mol. The largest absolute Gasteiger partial charge is 0.443 e. The number of amides is 1. The molecule has 0 saturated heterocycles. The second-order valence-corrected chi connectivity index (χ2v) is 3.98. The highest BCUT2D eigenvalue weighted by Crippen LogP contribution is 1.96. The molecule has 4 heteroatoms. The van der Waals surface area contributed by atoms with Gasteiger partial charge in [-0.3, -0.25) is 0 Å². The van der Waals surface area contributed by atoms with Crippen LogP contribution in [0.5, 0.6) is 0 Å². The molecule has 0 N–H and O–H groups in total. The van der Waals surface area contributed by atoms with Crippen LogP contribution in [0, 0.1) is 0 Å². The maximum Gasteiger partial charge on any atom is 0.409 e. The molecule has 4 nitrogen and oxygen atoms in total. The molecular formula is C9H21N2O2+. The number of ether oxygens (including phenoxy) is 1. The van der Waals surface area contributed by atoms with Crippen molar-refractivity contribution < 1.29 is 14.0 Å². The van der Waals surface area contributed by atoms with E-state index < -0.39 is 0 Å². The van der Waals surface area contributed by atoms with E-state index in [1.165, 1.54) is 4.90 Å². The summed E-state index contributed by atoms with van der Waals surface area (Å²) in [6.45, 7) is 4.50. The first kappa shape index (κ1) is 12.2. The van der Waals surface area contributed by atoms with E-state index in [9.17, 15) is 4.79 Å². The van der Waals surface area contributed by atoms with Gasteiger partial charge in [0.15, 0.2) is 0 Å². The predicted octanol–water partition coefficient (Wildman–Crippen LogP) is 0.781. The minimum Gasteiger partial charge on any atom is -0.443 e. The van der Waals surface area contributed by atoms with Crippen LogP contribution >= 0.6 is 0 Å². The summed E-state index contributed by atoms with van der Waals surface area (Å²) in [6.07, 6.45) is -0.267. The lowest BCUT2D eigenvalue weighted by atomic mass is 10.4. The Kier molecular flexibility index (Phi) is 4.77. The second kappa shape index (κ2) is 5.07.